The molecule has 2 aromatic carbocycles. The molecule has 1 aromatic heterocycles. The lowest BCUT2D eigenvalue weighted by molar-refractivity contribution is 0.102. The smallest absolute Gasteiger partial charge is 0.259 e. The van der Waals surface area contributed by atoms with Crippen LogP contribution in [0, 0.1) is 0 Å². The third-order valence-corrected chi connectivity index (χ3v) is 3.45. The molecular weight excluding hydrogens is 304 g/mol. The lowest BCUT2D eigenvalue weighted by atomic mass is 10.1. The van der Waals surface area contributed by atoms with E-state index in [-0.39, 0.29) is 5.91 Å². The topological polar surface area (TPSA) is 69.0 Å². The number of nitrogens with one attached hydrogen (secondary N) is 1. The summed E-state index contributed by atoms with van der Waals surface area (Å²) in [6.07, 6.45) is 3.17. The van der Waals surface area contributed by atoms with Crippen LogP contribution < -0.4 is 10.1 Å². The highest BCUT2D eigenvalue weighted by Gasteiger charge is 2.12. The summed E-state index contributed by atoms with van der Waals surface area (Å²) in [4.78, 5) is 16.4. The number of aromatic nitrogens is 3. The second-order valence-corrected chi connectivity index (χ2v) is 5.17. The lowest BCUT2D eigenvalue weighted by Gasteiger charge is -2.11. The zero-order valence-corrected chi connectivity index (χ0v) is 13.3. The Morgan fingerprint density at radius 2 is 1.96 bits per heavy atom. The van der Waals surface area contributed by atoms with Gasteiger partial charge < -0.3 is 10.1 Å². The number of benzene rings is 2. The fraction of sp³-hybridized carbons (Fsp3) is 0.167. The van der Waals surface area contributed by atoms with Crippen molar-refractivity contribution in [3.8, 4) is 5.75 Å². The summed E-state index contributed by atoms with van der Waals surface area (Å²) < 4.78 is 7.24. The highest BCUT2D eigenvalue weighted by Crippen LogP contribution is 2.20. The van der Waals surface area contributed by atoms with Gasteiger partial charge in [0.1, 0.15) is 18.4 Å². The highest BCUT2D eigenvalue weighted by molar-refractivity contribution is 6.06. The van der Waals surface area contributed by atoms with Gasteiger partial charge >= 0.3 is 0 Å². The van der Waals surface area contributed by atoms with Gasteiger partial charge in [-0.2, -0.15) is 5.10 Å². The van der Waals surface area contributed by atoms with Crippen LogP contribution in [0.25, 0.3) is 0 Å². The van der Waals surface area contributed by atoms with Crippen molar-refractivity contribution >= 4 is 11.6 Å². The van der Waals surface area contributed by atoms with Crippen LogP contribution in [0.2, 0.25) is 0 Å². The molecule has 1 heterocycles. The van der Waals surface area contributed by atoms with Gasteiger partial charge in [0.2, 0.25) is 0 Å². The van der Waals surface area contributed by atoms with Crippen molar-refractivity contribution in [3.05, 3.63) is 72.3 Å². The zero-order valence-electron chi connectivity index (χ0n) is 13.3. The van der Waals surface area contributed by atoms with Crippen molar-refractivity contribution in [2.75, 3.05) is 11.9 Å². The van der Waals surface area contributed by atoms with E-state index in [1.807, 2.05) is 43.3 Å². The van der Waals surface area contributed by atoms with E-state index < -0.39 is 0 Å². The van der Waals surface area contributed by atoms with E-state index in [0.29, 0.717) is 24.5 Å². The Bertz CT molecular complexity index is 798. The van der Waals surface area contributed by atoms with Gasteiger partial charge in [-0.25, -0.2) is 9.67 Å². The first-order valence-corrected chi connectivity index (χ1v) is 7.71. The molecule has 1 N–H and O–H groups in total. The van der Waals surface area contributed by atoms with E-state index in [1.54, 1.807) is 23.1 Å². The van der Waals surface area contributed by atoms with Crippen molar-refractivity contribution in [2.45, 2.75) is 13.5 Å². The van der Waals surface area contributed by atoms with Crippen LogP contribution in [-0.2, 0) is 6.54 Å². The van der Waals surface area contributed by atoms with Gasteiger partial charge in [0.05, 0.1) is 18.7 Å². The molecule has 0 bridgehead atoms. The molecule has 0 fully saturated rings. The number of carbonyl (C=O) groups excluding carboxylic acids is 1. The second kappa shape index (κ2) is 7.41. The summed E-state index contributed by atoms with van der Waals surface area (Å²) in [5.41, 5.74) is 2.33. The summed E-state index contributed by atoms with van der Waals surface area (Å²) >= 11 is 0. The molecule has 0 aliphatic rings. The Morgan fingerprint density at radius 3 is 2.67 bits per heavy atom. The van der Waals surface area contributed by atoms with Gasteiger partial charge in [-0.3, -0.25) is 4.79 Å². The number of para-hydroxylation sites is 1. The summed E-state index contributed by atoms with van der Waals surface area (Å²) in [5, 5.41) is 6.96. The van der Waals surface area contributed by atoms with E-state index in [2.05, 4.69) is 15.4 Å². The second-order valence-electron chi connectivity index (χ2n) is 5.17. The molecule has 0 unspecified atom stereocenters. The van der Waals surface area contributed by atoms with Gasteiger partial charge in [-0.05, 0) is 36.8 Å². The first kappa shape index (κ1) is 15.7. The molecule has 0 aliphatic carbocycles. The molecule has 0 spiro atoms. The fourth-order valence-electron chi connectivity index (χ4n) is 2.33. The number of nitrogens with zero attached hydrogens (tertiary/aromatic N) is 3. The Morgan fingerprint density at radius 1 is 1.17 bits per heavy atom. The van der Waals surface area contributed by atoms with Crippen molar-refractivity contribution < 1.29 is 9.53 Å². The molecule has 1 amide bonds. The molecule has 3 aromatic rings. The zero-order chi connectivity index (χ0) is 16.8. The minimum atomic E-state index is -0.192. The van der Waals surface area contributed by atoms with Gasteiger partial charge in [0.25, 0.3) is 5.91 Å². The average Bonchev–Trinajstić information content (AvgIpc) is 3.10. The average molecular weight is 322 g/mol. The Balaban J connectivity index is 1.68. The highest BCUT2D eigenvalue weighted by atomic mass is 16.5. The Hall–Kier alpha value is -3.15. The molecule has 0 radical (unpaired) electrons. The van der Waals surface area contributed by atoms with Crippen molar-refractivity contribution in [1.29, 1.82) is 0 Å². The molecule has 0 saturated heterocycles. The third-order valence-electron chi connectivity index (χ3n) is 3.45. The number of rotatable bonds is 6. The molecule has 6 nitrogen and oxygen atoms in total. The van der Waals surface area contributed by atoms with Crippen LogP contribution in [0.5, 0.6) is 5.75 Å². The van der Waals surface area contributed by atoms with Gasteiger partial charge in [-0.1, -0.05) is 24.3 Å². The van der Waals surface area contributed by atoms with Crippen LogP contribution in [0.4, 0.5) is 5.69 Å². The van der Waals surface area contributed by atoms with Crippen LogP contribution >= 0.6 is 0 Å². The van der Waals surface area contributed by atoms with E-state index in [1.165, 1.54) is 6.33 Å². The number of hydrogen-bond donors (Lipinski definition) is 1. The number of carbonyl (C=O) groups is 1. The van der Waals surface area contributed by atoms with Gasteiger partial charge in [0, 0.05) is 5.69 Å². The predicted octanol–water partition coefficient (Wildman–Crippen LogP) is 2.98. The first-order valence-electron chi connectivity index (χ1n) is 7.71. The van der Waals surface area contributed by atoms with Crippen LogP contribution in [0.3, 0.4) is 0 Å². The standard InChI is InChI=1S/C18H18N4O2/c1-2-24-17-6-4-3-5-16(17)18(23)21-15-9-7-14(8-10-15)11-22-13-19-12-20-22/h3-10,12-13H,2,11H2,1H3,(H,21,23). The minimum absolute atomic E-state index is 0.192. The molecule has 6 heteroatoms. The van der Waals surface area contributed by atoms with E-state index in [0.717, 1.165) is 11.3 Å². The van der Waals surface area contributed by atoms with E-state index in [4.69, 9.17) is 4.74 Å². The molecule has 24 heavy (non-hydrogen) atoms. The first-order chi connectivity index (χ1) is 11.8. The lowest BCUT2D eigenvalue weighted by Crippen LogP contribution is -2.13. The normalized spacial score (nSPS) is 10.4. The number of hydrogen-bond acceptors (Lipinski definition) is 4. The summed E-state index contributed by atoms with van der Waals surface area (Å²) in [6.45, 7) is 3.05. The van der Waals surface area contributed by atoms with E-state index >= 15 is 0 Å². The van der Waals surface area contributed by atoms with Crippen molar-refractivity contribution in [3.63, 3.8) is 0 Å². The maximum atomic E-state index is 12.4. The van der Waals surface area contributed by atoms with Crippen LogP contribution in [-0.4, -0.2) is 27.3 Å². The van der Waals surface area contributed by atoms with Crippen LogP contribution in [0.15, 0.2) is 61.2 Å². The maximum absolute atomic E-state index is 12.4. The molecule has 0 aliphatic heterocycles. The summed E-state index contributed by atoms with van der Waals surface area (Å²) in [7, 11) is 0. The molecular formula is C18H18N4O2. The largest absolute Gasteiger partial charge is 0.493 e. The fourth-order valence-corrected chi connectivity index (χ4v) is 2.33. The summed E-state index contributed by atoms with van der Waals surface area (Å²) in [6, 6.07) is 14.8. The van der Waals surface area contributed by atoms with E-state index in [9.17, 15) is 4.79 Å². The SMILES string of the molecule is CCOc1ccccc1C(=O)Nc1ccc(Cn2cncn2)cc1. The number of amides is 1. The third kappa shape index (κ3) is 3.78. The number of anilines is 1. The predicted molar refractivity (Wildman–Crippen MR) is 91.1 cm³/mol. The van der Waals surface area contributed by atoms with Crippen molar-refractivity contribution in [2.24, 2.45) is 0 Å². The van der Waals surface area contributed by atoms with Crippen LogP contribution in [0.1, 0.15) is 22.8 Å². The quantitative estimate of drug-likeness (QED) is 0.757. The number of ether oxygens (including phenoxy) is 1. The monoisotopic (exact) mass is 322 g/mol. The molecule has 3 rings (SSSR count). The Labute approximate surface area is 140 Å². The molecule has 0 saturated carbocycles. The van der Waals surface area contributed by atoms with Gasteiger partial charge in [-0.15, -0.1) is 0 Å². The van der Waals surface area contributed by atoms with Gasteiger partial charge in [0.15, 0.2) is 0 Å². The Kier molecular flexibility index (Phi) is 4.86. The minimum Gasteiger partial charge on any atom is -0.493 e. The summed E-state index contributed by atoms with van der Waals surface area (Å²) in [5.74, 6) is 0.392. The molecule has 122 valence electrons. The maximum Gasteiger partial charge on any atom is 0.259 e. The molecule has 0 atom stereocenters. The van der Waals surface area contributed by atoms with Crippen molar-refractivity contribution in [1.82, 2.24) is 14.8 Å².